The number of carbonyl (C=O) groups excluding carboxylic acids is 2. The second-order valence-corrected chi connectivity index (χ2v) is 10.3. The standard InChI is InChI=1S/C25H31F4N3O4/c1-24(2,3)36-23(34)30-9-7-16(8-10-30)17-13-32(19-6-4-5-18(26)22(17)19)15-21(33)31-11-12-35-20(14-31)25(27,28)29/h4-6,13,16,20H,7-12,14-15H2,1-3H3/t20-/m1/s1. The number of amides is 2. The van der Waals surface area contributed by atoms with Crippen LogP contribution in [-0.2, 0) is 20.8 Å². The van der Waals surface area contributed by atoms with Gasteiger partial charge in [-0.3, -0.25) is 4.79 Å². The number of fused-ring (bicyclic) bond motifs is 1. The lowest BCUT2D eigenvalue weighted by atomic mass is 9.89. The first kappa shape index (κ1) is 26.2. The highest BCUT2D eigenvalue weighted by molar-refractivity contribution is 5.87. The molecule has 198 valence electrons. The summed E-state index contributed by atoms with van der Waals surface area (Å²) in [4.78, 5) is 28.1. The van der Waals surface area contributed by atoms with Crippen LogP contribution in [0.5, 0.6) is 0 Å². The number of benzene rings is 1. The number of morpholine rings is 1. The van der Waals surface area contributed by atoms with E-state index in [9.17, 15) is 27.2 Å². The summed E-state index contributed by atoms with van der Waals surface area (Å²) < 4.78 is 66.0. The van der Waals surface area contributed by atoms with E-state index in [-0.39, 0.29) is 31.7 Å². The molecule has 36 heavy (non-hydrogen) atoms. The molecule has 3 heterocycles. The maximum absolute atomic E-state index is 14.9. The maximum atomic E-state index is 14.9. The molecule has 2 aliphatic rings. The van der Waals surface area contributed by atoms with Gasteiger partial charge in [-0.15, -0.1) is 0 Å². The van der Waals surface area contributed by atoms with Crippen LogP contribution in [0.2, 0.25) is 0 Å². The van der Waals surface area contributed by atoms with Crippen LogP contribution in [0.3, 0.4) is 0 Å². The van der Waals surface area contributed by atoms with Gasteiger partial charge in [-0.1, -0.05) is 6.07 Å². The molecule has 1 aromatic heterocycles. The van der Waals surface area contributed by atoms with Gasteiger partial charge < -0.3 is 23.8 Å². The van der Waals surface area contributed by atoms with Crippen LogP contribution in [0.4, 0.5) is 22.4 Å². The van der Waals surface area contributed by atoms with Gasteiger partial charge in [0.2, 0.25) is 5.91 Å². The van der Waals surface area contributed by atoms with Gasteiger partial charge in [-0.25, -0.2) is 9.18 Å². The predicted octanol–water partition coefficient (Wildman–Crippen LogP) is 4.68. The average Bonchev–Trinajstić information content (AvgIpc) is 3.17. The molecule has 0 radical (unpaired) electrons. The van der Waals surface area contributed by atoms with Crippen molar-refractivity contribution in [3.63, 3.8) is 0 Å². The first-order valence-corrected chi connectivity index (χ1v) is 12.0. The summed E-state index contributed by atoms with van der Waals surface area (Å²) in [6.07, 6.45) is -4.04. The van der Waals surface area contributed by atoms with Crippen molar-refractivity contribution < 1.29 is 36.6 Å². The topological polar surface area (TPSA) is 64.0 Å². The minimum atomic E-state index is -4.55. The van der Waals surface area contributed by atoms with E-state index >= 15 is 0 Å². The zero-order valence-corrected chi connectivity index (χ0v) is 20.6. The van der Waals surface area contributed by atoms with E-state index in [1.165, 1.54) is 6.07 Å². The molecule has 0 unspecified atom stereocenters. The number of rotatable bonds is 3. The summed E-state index contributed by atoms with van der Waals surface area (Å²) in [6, 6.07) is 4.59. The van der Waals surface area contributed by atoms with E-state index in [4.69, 9.17) is 9.47 Å². The lowest BCUT2D eigenvalue weighted by molar-refractivity contribution is -0.236. The van der Waals surface area contributed by atoms with Gasteiger partial charge in [0.25, 0.3) is 0 Å². The highest BCUT2D eigenvalue weighted by Gasteiger charge is 2.44. The van der Waals surface area contributed by atoms with Crippen molar-refractivity contribution in [3.8, 4) is 0 Å². The number of nitrogens with zero attached hydrogens (tertiary/aromatic N) is 3. The Labute approximate surface area is 206 Å². The molecule has 2 fully saturated rings. The largest absolute Gasteiger partial charge is 0.444 e. The summed E-state index contributed by atoms with van der Waals surface area (Å²) >= 11 is 0. The van der Waals surface area contributed by atoms with Gasteiger partial charge in [0.1, 0.15) is 18.0 Å². The Morgan fingerprint density at radius 1 is 1.08 bits per heavy atom. The van der Waals surface area contributed by atoms with Crippen molar-refractivity contribution in [2.75, 3.05) is 32.8 Å². The number of piperidine rings is 1. The Hall–Kier alpha value is -2.82. The fraction of sp³-hybridized carbons (Fsp3) is 0.600. The lowest BCUT2D eigenvalue weighted by Gasteiger charge is -2.34. The molecule has 11 heteroatoms. The van der Waals surface area contributed by atoms with Crippen molar-refractivity contribution in [2.45, 2.75) is 64.0 Å². The van der Waals surface area contributed by atoms with Gasteiger partial charge in [-0.05, 0) is 57.2 Å². The number of hydrogen-bond acceptors (Lipinski definition) is 4. The molecule has 7 nitrogen and oxygen atoms in total. The van der Waals surface area contributed by atoms with Crippen molar-refractivity contribution in [3.05, 3.63) is 35.8 Å². The number of likely N-dealkylation sites (tertiary alicyclic amines) is 1. The molecule has 2 aromatic rings. The molecule has 0 bridgehead atoms. The van der Waals surface area contributed by atoms with Gasteiger partial charge >= 0.3 is 12.3 Å². The van der Waals surface area contributed by atoms with Gasteiger partial charge in [0.15, 0.2) is 6.10 Å². The van der Waals surface area contributed by atoms with Crippen LogP contribution in [0.15, 0.2) is 24.4 Å². The monoisotopic (exact) mass is 513 g/mol. The minimum absolute atomic E-state index is 0.0440. The van der Waals surface area contributed by atoms with Gasteiger partial charge in [0.05, 0.1) is 18.7 Å². The lowest BCUT2D eigenvalue weighted by Crippen LogP contribution is -2.51. The Morgan fingerprint density at radius 2 is 1.78 bits per heavy atom. The highest BCUT2D eigenvalue weighted by Crippen LogP contribution is 2.36. The number of halogens is 4. The summed E-state index contributed by atoms with van der Waals surface area (Å²) in [5.74, 6) is -0.954. The molecule has 2 aliphatic heterocycles. The molecule has 0 spiro atoms. The first-order chi connectivity index (χ1) is 16.8. The van der Waals surface area contributed by atoms with Gasteiger partial charge in [0, 0.05) is 31.2 Å². The zero-order chi connectivity index (χ0) is 26.3. The SMILES string of the molecule is CC(C)(C)OC(=O)N1CCC(c2cn(CC(=O)N3CCO[C@@H](C(F)(F)F)C3)c3cccc(F)c23)CC1. The van der Waals surface area contributed by atoms with E-state index < -0.39 is 36.2 Å². The zero-order valence-electron chi connectivity index (χ0n) is 20.6. The minimum Gasteiger partial charge on any atom is -0.444 e. The van der Waals surface area contributed by atoms with Crippen molar-refractivity contribution >= 4 is 22.9 Å². The fourth-order valence-electron chi connectivity index (χ4n) is 4.80. The van der Waals surface area contributed by atoms with Crippen LogP contribution in [0.25, 0.3) is 10.9 Å². The number of alkyl halides is 3. The molecule has 0 saturated carbocycles. The molecule has 4 rings (SSSR count). The molecular weight excluding hydrogens is 482 g/mol. The second kappa shape index (κ2) is 9.91. The quantitative estimate of drug-likeness (QED) is 0.559. The molecule has 2 amide bonds. The number of carbonyl (C=O) groups is 2. The van der Waals surface area contributed by atoms with Crippen LogP contribution in [0.1, 0.15) is 45.1 Å². The molecule has 2 saturated heterocycles. The Kier molecular flexibility index (Phi) is 7.23. The van der Waals surface area contributed by atoms with Crippen LogP contribution in [0, 0.1) is 5.82 Å². The van der Waals surface area contributed by atoms with E-state index in [1.54, 1.807) is 48.6 Å². The van der Waals surface area contributed by atoms with Crippen LogP contribution >= 0.6 is 0 Å². The van der Waals surface area contributed by atoms with E-state index in [0.29, 0.717) is 36.8 Å². The molecule has 0 aliphatic carbocycles. The maximum Gasteiger partial charge on any atom is 0.416 e. The van der Waals surface area contributed by atoms with E-state index in [2.05, 4.69) is 0 Å². The Balaban J connectivity index is 1.51. The van der Waals surface area contributed by atoms with Crippen molar-refractivity contribution in [1.29, 1.82) is 0 Å². The van der Waals surface area contributed by atoms with E-state index in [0.717, 1.165) is 10.5 Å². The number of ether oxygens (including phenoxy) is 2. The number of aromatic nitrogens is 1. The molecule has 1 aromatic carbocycles. The van der Waals surface area contributed by atoms with Gasteiger partial charge in [-0.2, -0.15) is 13.2 Å². The summed E-state index contributed by atoms with van der Waals surface area (Å²) in [7, 11) is 0. The highest BCUT2D eigenvalue weighted by atomic mass is 19.4. The van der Waals surface area contributed by atoms with E-state index in [1.807, 2.05) is 0 Å². The summed E-state index contributed by atoms with van der Waals surface area (Å²) in [5.41, 5.74) is 0.640. The third kappa shape index (κ3) is 5.77. The predicted molar refractivity (Wildman–Crippen MR) is 124 cm³/mol. The second-order valence-electron chi connectivity index (χ2n) is 10.3. The average molecular weight is 514 g/mol. The van der Waals surface area contributed by atoms with Crippen molar-refractivity contribution in [2.24, 2.45) is 0 Å². The normalized spacial score (nSPS) is 20.1. The molecule has 1 atom stereocenters. The molecule has 0 N–H and O–H groups in total. The summed E-state index contributed by atoms with van der Waals surface area (Å²) in [5, 5.41) is 0.399. The fourth-order valence-corrected chi connectivity index (χ4v) is 4.80. The third-order valence-corrected chi connectivity index (χ3v) is 6.56. The first-order valence-electron chi connectivity index (χ1n) is 12.0. The smallest absolute Gasteiger partial charge is 0.416 e. The Bertz CT molecular complexity index is 1120. The van der Waals surface area contributed by atoms with Crippen molar-refractivity contribution in [1.82, 2.24) is 14.4 Å². The third-order valence-electron chi connectivity index (χ3n) is 6.56. The molecular formula is C25H31F4N3O4. The summed E-state index contributed by atoms with van der Waals surface area (Å²) in [6.45, 7) is 5.41. The Morgan fingerprint density at radius 3 is 2.42 bits per heavy atom. The number of hydrogen-bond donors (Lipinski definition) is 0. The van der Waals surface area contributed by atoms with Crippen LogP contribution < -0.4 is 0 Å². The van der Waals surface area contributed by atoms with Crippen LogP contribution in [-0.4, -0.2) is 77.0 Å².